The molecule has 0 unspecified atom stereocenters. The van der Waals surface area contributed by atoms with Crippen LogP contribution in [-0.4, -0.2) is 66.1 Å². The quantitative estimate of drug-likeness (QED) is 0.314. The van der Waals surface area contributed by atoms with E-state index in [2.05, 4.69) is 25.1 Å². The van der Waals surface area contributed by atoms with Gasteiger partial charge in [-0.2, -0.15) is 4.99 Å². The Hall–Kier alpha value is -3.95. The van der Waals surface area contributed by atoms with Crippen LogP contribution in [-0.2, 0) is 11.3 Å². The molecule has 0 saturated carbocycles. The summed E-state index contributed by atoms with van der Waals surface area (Å²) in [6.45, 7) is 1.69. The fourth-order valence-electron chi connectivity index (χ4n) is 4.19. The number of rotatable bonds is 8. The van der Waals surface area contributed by atoms with Gasteiger partial charge < -0.3 is 24.6 Å². The van der Waals surface area contributed by atoms with Gasteiger partial charge >= 0.3 is 0 Å². The van der Waals surface area contributed by atoms with E-state index in [0.29, 0.717) is 29.2 Å². The van der Waals surface area contributed by atoms with Gasteiger partial charge in [-0.25, -0.2) is 14.4 Å². The van der Waals surface area contributed by atoms with Gasteiger partial charge in [0.25, 0.3) is 6.02 Å². The fourth-order valence-corrected chi connectivity index (χ4v) is 4.43. The third kappa shape index (κ3) is 5.95. The summed E-state index contributed by atoms with van der Waals surface area (Å²) in [6, 6.07) is 18.2. The van der Waals surface area contributed by atoms with Gasteiger partial charge in [0.05, 0.1) is 22.3 Å². The molecule has 38 heavy (non-hydrogen) atoms. The highest BCUT2D eigenvalue weighted by Gasteiger charge is 2.28. The maximum atomic E-state index is 13.4. The van der Waals surface area contributed by atoms with E-state index < -0.39 is 0 Å². The van der Waals surface area contributed by atoms with Crippen molar-refractivity contribution in [3.63, 3.8) is 0 Å². The summed E-state index contributed by atoms with van der Waals surface area (Å²) in [5.41, 5.74) is 2.97. The first-order valence-electron chi connectivity index (χ1n) is 12.1. The summed E-state index contributed by atoms with van der Waals surface area (Å²) < 4.78 is 25.1. The molecule has 5 rings (SSSR count). The van der Waals surface area contributed by atoms with Crippen molar-refractivity contribution in [1.29, 1.82) is 0 Å². The number of likely N-dealkylation sites (N-methyl/N-ethyl adjacent to an activating group) is 2. The Morgan fingerprint density at radius 1 is 1.16 bits per heavy atom. The first-order valence-corrected chi connectivity index (χ1v) is 12.5. The van der Waals surface area contributed by atoms with E-state index in [4.69, 9.17) is 26.1 Å². The minimum atomic E-state index is -0.306. The number of hydrogen-bond acceptors (Lipinski definition) is 7. The van der Waals surface area contributed by atoms with Gasteiger partial charge in [-0.15, -0.1) is 0 Å². The van der Waals surface area contributed by atoms with E-state index in [1.54, 1.807) is 24.3 Å². The highest BCUT2D eigenvalue weighted by Crippen LogP contribution is 2.32. The topological polar surface area (TPSA) is 75.1 Å². The molecule has 1 saturated heterocycles. The summed E-state index contributed by atoms with van der Waals surface area (Å²) in [6.07, 6.45) is 1.51. The maximum Gasteiger partial charge on any atom is 0.292 e. The van der Waals surface area contributed by atoms with Crippen LogP contribution in [0.25, 0.3) is 10.9 Å². The van der Waals surface area contributed by atoms with Crippen molar-refractivity contribution in [1.82, 2.24) is 19.8 Å². The first kappa shape index (κ1) is 25.7. The first-order chi connectivity index (χ1) is 18.4. The lowest BCUT2D eigenvalue weighted by Gasteiger charge is -2.21. The molecule has 196 valence electrons. The summed E-state index contributed by atoms with van der Waals surface area (Å²) in [7, 11) is 6.08. The molecule has 8 nitrogen and oxygen atoms in total. The van der Waals surface area contributed by atoms with Crippen molar-refractivity contribution in [2.75, 3.05) is 39.6 Å². The van der Waals surface area contributed by atoms with E-state index in [-0.39, 0.29) is 18.5 Å². The summed E-state index contributed by atoms with van der Waals surface area (Å²) in [5.74, 6) is 0.813. The Balaban J connectivity index is 1.33. The molecule has 1 atom stereocenters. The third-order valence-electron chi connectivity index (χ3n) is 6.15. The van der Waals surface area contributed by atoms with Gasteiger partial charge in [-0.1, -0.05) is 23.7 Å². The van der Waals surface area contributed by atoms with Crippen LogP contribution in [0.2, 0.25) is 5.02 Å². The highest BCUT2D eigenvalue weighted by molar-refractivity contribution is 6.32. The van der Waals surface area contributed by atoms with E-state index >= 15 is 0 Å². The van der Waals surface area contributed by atoms with E-state index in [1.807, 2.05) is 45.4 Å². The number of amidine groups is 1. The van der Waals surface area contributed by atoms with Crippen LogP contribution >= 0.6 is 11.6 Å². The Morgan fingerprint density at radius 3 is 2.82 bits per heavy atom. The molecule has 0 bridgehead atoms. The largest absolute Gasteiger partial charge is 0.487 e. The zero-order valence-electron chi connectivity index (χ0n) is 21.4. The molecule has 0 amide bonds. The highest BCUT2D eigenvalue weighted by atomic mass is 35.5. The van der Waals surface area contributed by atoms with Crippen molar-refractivity contribution in [2.24, 2.45) is 4.99 Å². The van der Waals surface area contributed by atoms with E-state index in [1.165, 1.54) is 18.5 Å². The van der Waals surface area contributed by atoms with Gasteiger partial charge in [0.1, 0.15) is 36.9 Å². The Labute approximate surface area is 225 Å². The van der Waals surface area contributed by atoms with Gasteiger partial charge in [0, 0.05) is 24.7 Å². The summed E-state index contributed by atoms with van der Waals surface area (Å²) in [5, 5.41) is 4.55. The van der Waals surface area contributed by atoms with E-state index in [0.717, 1.165) is 34.4 Å². The van der Waals surface area contributed by atoms with Crippen molar-refractivity contribution in [3.8, 4) is 5.75 Å². The molecule has 0 aliphatic carbocycles. The van der Waals surface area contributed by atoms with E-state index in [9.17, 15) is 4.39 Å². The number of nitrogens with one attached hydrogen (secondary N) is 1. The van der Waals surface area contributed by atoms with Gasteiger partial charge in [-0.05, 0) is 68.2 Å². The van der Waals surface area contributed by atoms with Crippen molar-refractivity contribution < 1.29 is 13.9 Å². The minimum Gasteiger partial charge on any atom is -0.487 e. The van der Waals surface area contributed by atoms with Crippen molar-refractivity contribution in [3.05, 3.63) is 83.4 Å². The SMILES string of the molecule is CN(C)C[C@@H]1CO/C(=N\c2ccc3ncnc(Nc4ccc(OCc5cccc(F)c5)c(Cl)c4)c3c2)N1C. The molecule has 1 aliphatic rings. The lowest BCUT2D eigenvalue weighted by molar-refractivity contribution is 0.262. The molecule has 1 aromatic heterocycles. The van der Waals surface area contributed by atoms with Crippen molar-refractivity contribution in [2.45, 2.75) is 12.6 Å². The molecule has 0 radical (unpaired) electrons. The zero-order valence-corrected chi connectivity index (χ0v) is 22.1. The zero-order chi connectivity index (χ0) is 26.6. The van der Waals surface area contributed by atoms with Crippen LogP contribution < -0.4 is 10.1 Å². The monoisotopic (exact) mass is 534 g/mol. The fraction of sp³-hybridized carbons (Fsp3) is 0.250. The normalized spacial score (nSPS) is 16.3. The molecule has 10 heteroatoms. The molecule has 2 heterocycles. The maximum absolute atomic E-state index is 13.4. The van der Waals surface area contributed by atoms with Crippen molar-refractivity contribution >= 4 is 45.7 Å². The Kier molecular flexibility index (Phi) is 7.57. The van der Waals surface area contributed by atoms with Crippen LogP contribution in [0, 0.1) is 5.82 Å². The Morgan fingerprint density at radius 2 is 2.03 bits per heavy atom. The molecule has 3 aromatic carbocycles. The lowest BCUT2D eigenvalue weighted by Crippen LogP contribution is -2.38. The molecular weight excluding hydrogens is 507 g/mol. The average molecular weight is 535 g/mol. The number of aromatic nitrogens is 2. The van der Waals surface area contributed by atoms with Crippen LogP contribution in [0.3, 0.4) is 0 Å². The van der Waals surface area contributed by atoms with Crippen LogP contribution in [0.15, 0.2) is 72.0 Å². The number of ether oxygens (including phenoxy) is 2. The molecule has 0 spiro atoms. The van der Waals surface area contributed by atoms with Crippen LogP contribution in [0.4, 0.5) is 21.6 Å². The number of benzene rings is 3. The number of anilines is 2. The van der Waals surface area contributed by atoms with Gasteiger partial charge in [0.15, 0.2) is 0 Å². The smallest absolute Gasteiger partial charge is 0.292 e. The lowest BCUT2D eigenvalue weighted by atomic mass is 10.2. The van der Waals surface area contributed by atoms with Crippen LogP contribution in [0.1, 0.15) is 5.56 Å². The Bertz CT molecular complexity index is 1480. The molecule has 4 aromatic rings. The third-order valence-corrected chi connectivity index (χ3v) is 6.45. The molecular formula is C28H28ClFN6O2. The van der Waals surface area contributed by atoms with Gasteiger partial charge in [-0.3, -0.25) is 0 Å². The average Bonchev–Trinajstić information content (AvgIpc) is 3.22. The predicted octanol–water partition coefficient (Wildman–Crippen LogP) is 5.62. The van der Waals surface area contributed by atoms with Crippen LogP contribution in [0.5, 0.6) is 5.75 Å². The standard InChI is InChI=1S/C28H28ClFN6O2/c1-35(2)14-22-16-38-28(36(22)3)34-20-7-9-25-23(12-20)27(32-17-31-25)33-21-8-10-26(24(29)13-21)37-15-18-5-4-6-19(30)11-18/h4-13,17,22H,14-16H2,1-3H3,(H,31,32,33)/b34-28-/t22-/m1/s1. The number of fused-ring (bicyclic) bond motifs is 1. The summed E-state index contributed by atoms with van der Waals surface area (Å²) in [4.78, 5) is 17.8. The second-order valence-electron chi connectivity index (χ2n) is 9.34. The number of halogens is 2. The number of aliphatic imine (C=N–C) groups is 1. The second kappa shape index (κ2) is 11.2. The second-order valence-corrected chi connectivity index (χ2v) is 9.75. The molecule has 1 N–H and O–H groups in total. The molecule has 1 aliphatic heterocycles. The predicted molar refractivity (Wildman–Crippen MR) is 148 cm³/mol. The van der Waals surface area contributed by atoms with Gasteiger partial charge in [0.2, 0.25) is 0 Å². The molecule has 1 fully saturated rings. The number of nitrogens with zero attached hydrogens (tertiary/aromatic N) is 5. The minimum absolute atomic E-state index is 0.209. The number of hydrogen-bond donors (Lipinski definition) is 1. The summed E-state index contributed by atoms with van der Waals surface area (Å²) >= 11 is 6.48.